The molecule has 0 fully saturated rings. The standard InChI is InChI=1S/C7H17NO5.C6H8O7/c1-8-2-4(10)6(12)7(13)5(11)3-9;7-3(8)1-6(13,5(11)12)2-4(9)10/h4-13H,2-3H2,1H3;13H,1-2H2,(H,7,8)(H,9,10)(H,11,12). The zero-order valence-electron chi connectivity index (χ0n) is 13.9. The Bertz CT molecular complexity index is 440. The second-order valence-corrected chi connectivity index (χ2v) is 5.33. The molecule has 0 aromatic rings. The fraction of sp³-hybridized carbons (Fsp3) is 0.769. The lowest BCUT2D eigenvalue weighted by molar-refractivity contribution is -0.170. The molecule has 13 nitrogen and oxygen atoms in total. The van der Waals surface area contributed by atoms with E-state index in [4.69, 9.17) is 40.9 Å². The van der Waals surface area contributed by atoms with Gasteiger partial charge in [0.2, 0.25) is 0 Å². The van der Waals surface area contributed by atoms with E-state index >= 15 is 0 Å². The van der Waals surface area contributed by atoms with Crippen molar-refractivity contribution in [3.05, 3.63) is 0 Å². The Morgan fingerprint density at radius 2 is 1.27 bits per heavy atom. The summed E-state index contributed by atoms with van der Waals surface area (Å²) in [5, 5.41) is 81.3. The van der Waals surface area contributed by atoms with Crippen molar-refractivity contribution in [1.29, 1.82) is 0 Å². The highest BCUT2D eigenvalue weighted by Gasteiger charge is 2.40. The van der Waals surface area contributed by atoms with Crippen molar-refractivity contribution in [2.75, 3.05) is 20.2 Å². The number of nitrogens with one attached hydrogen (secondary N) is 1. The van der Waals surface area contributed by atoms with Gasteiger partial charge in [-0.2, -0.15) is 0 Å². The average molecular weight is 387 g/mol. The lowest BCUT2D eigenvalue weighted by Crippen LogP contribution is -2.48. The van der Waals surface area contributed by atoms with Crippen molar-refractivity contribution >= 4 is 17.9 Å². The summed E-state index contributed by atoms with van der Waals surface area (Å²) in [7, 11) is 1.57. The summed E-state index contributed by atoms with van der Waals surface area (Å²) < 4.78 is 0. The van der Waals surface area contributed by atoms with Crippen LogP contribution in [-0.4, -0.2) is 114 Å². The molecular formula is C13H25NO12. The monoisotopic (exact) mass is 387 g/mol. The number of aliphatic hydroxyl groups is 6. The highest BCUT2D eigenvalue weighted by molar-refractivity contribution is 5.88. The lowest BCUT2D eigenvalue weighted by atomic mass is 9.96. The van der Waals surface area contributed by atoms with Gasteiger partial charge in [0.15, 0.2) is 5.60 Å². The molecule has 4 unspecified atom stereocenters. The van der Waals surface area contributed by atoms with Crippen LogP contribution in [0.15, 0.2) is 0 Å². The van der Waals surface area contributed by atoms with Crippen molar-refractivity contribution in [3.8, 4) is 0 Å². The Balaban J connectivity index is 0. The maximum atomic E-state index is 10.3. The lowest BCUT2D eigenvalue weighted by Gasteiger charge is -2.25. The molecule has 0 saturated heterocycles. The van der Waals surface area contributed by atoms with Crippen LogP contribution in [0.1, 0.15) is 12.8 Å². The average Bonchev–Trinajstić information content (AvgIpc) is 2.51. The van der Waals surface area contributed by atoms with Crippen LogP contribution in [0.2, 0.25) is 0 Å². The molecular weight excluding hydrogens is 362 g/mol. The number of hydrogen-bond acceptors (Lipinski definition) is 10. The minimum Gasteiger partial charge on any atom is -0.481 e. The fourth-order valence-corrected chi connectivity index (χ4v) is 1.61. The first-order chi connectivity index (χ1) is 11.8. The fourth-order valence-electron chi connectivity index (χ4n) is 1.61. The van der Waals surface area contributed by atoms with Gasteiger partial charge in [0.1, 0.15) is 18.3 Å². The molecule has 0 radical (unpaired) electrons. The van der Waals surface area contributed by atoms with Gasteiger partial charge >= 0.3 is 17.9 Å². The smallest absolute Gasteiger partial charge is 0.336 e. The van der Waals surface area contributed by atoms with Gasteiger partial charge in [0.25, 0.3) is 0 Å². The van der Waals surface area contributed by atoms with E-state index in [0.29, 0.717) is 0 Å². The Hall–Kier alpha value is -1.87. The number of aliphatic carboxylic acids is 3. The summed E-state index contributed by atoms with van der Waals surface area (Å²) in [6, 6.07) is 0. The molecule has 10 N–H and O–H groups in total. The van der Waals surface area contributed by atoms with Crippen LogP contribution < -0.4 is 5.32 Å². The minimum atomic E-state index is -2.74. The quantitative estimate of drug-likeness (QED) is 0.160. The van der Waals surface area contributed by atoms with Gasteiger partial charge in [-0.15, -0.1) is 0 Å². The molecule has 0 amide bonds. The van der Waals surface area contributed by atoms with Crippen molar-refractivity contribution in [2.24, 2.45) is 0 Å². The second-order valence-electron chi connectivity index (χ2n) is 5.33. The second kappa shape index (κ2) is 12.5. The van der Waals surface area contributed by atoms with Crippen LogP contribution in [0.3, 0.4) is 0 Å². The van der Waals surface area contributed by atoms with E-state index in [1.165, 1.54) is 0 Å². The third kappa shape index (κ3) is 10.2. The maximum absolute atomic E-state index is 10.3. The van der Waals surface area contributed by atoms with Gasteiger partial charge in [-0.3, -0.25) is 9.59 Å². The van der Waals surface area contributed by atoms with Gasteiger partial charge in [-0.05, 0) is 7.05 Å². The number of rotatable bonds is 11. The zero-order chi connectivity index (χ0) is 21.1. The molecule has 0 spiro atoms. The molecule has 0 saturated carbocycles. The molecule has 0 aromatic carbocycles. The van der Waals surface area contributed by atoms with Crippen molar-refractivity contribution < 1.29 is 60.3 Å². The normalized spacial score (nSPS) is 15.8. The van der Waals surface area contributed by atoms with Gasteiger partial charge < -0.3 is 51.3 Å². The molecule has 26 heavy (non-hydrogen) atoms. The van der Waals surface area contributed by atoms with Crippen molar-refractivity contribution in [1.82, 2.24) is 5.32 Å². The SMILES string of the molecule is CNCC(O)C(O)C(O)C(O)CO.O=C(O)CC(O)(CC(=O)O)C(=O)O. The molecule has 0 aliphatic carbocycles. The Morgan fingerprint density at radius 1 is 0.885 bits per heavy atom. The number of likely N-dealkylation sites (N-methyl/N-ethyl adjacent to an activating group) is 1. The third-order valence-electron chi connectivity index (χ3n) is 3.02. The molecule has 4 atom stereocenters. The van der Waals surface area contributed by atoms with E-state index in [1.807, 2.05) is 0 Å². The predicted molar refractivity (Wildman–Crippen MR) is 82.1 cm³/mol. The predicted octanol–water partition coefficient (Wildman–Crippen LogP) is -4.61. The van der Waals surface area contributed by atoms with E-state index in [2.05, 4.69) is 5.32 Å². The Kier molecular flexibility index (Phi) is 12.7. The van der Waals surface area contributed by atoms with Crippen molar-refractivity contribution in [2.45, 2.75) is 42.9 Å². The summed E-state index contributed by atoms with van der Waals surface area (Å²) in [6.45, 7) is -0.569. The summed E-state index contributed by atoms with van der Waals surface area (Å²) in [5.41, 5.74) is -2.74. The van der Waals surface area contributed by atoms with Crippen LogP contribution in [0.5, 0.6) is 0 Å². The first kappa shape index (κ1) is 26.4. The van der Waals surface area contributed by atoms with Crippen molar-refractivity contribution in [3.63, 3.8) is 0 Å². The number of carboxylic acid groups (broad SMARTS) is 3. The first-order valence-corrected chi connectivity index (χ1v) is 7.19. The molecule has 0 heterocycles. The van der Waals surface area contributed by atoms with Gasteiger partial charge in [0.05, 0.1) is 25.6 Å². The summed E-state index contributed by atoms with van der Waals surface area (Å²) in [6.07, 6.45) is -7.94. The van der Waals surface area contributed by atoms with Crippen LogP contribution in [-0.2, 0) is 14.4 Å². The number of carbonyl (C=O) groups is 3. The van der Waals surface area contributed by atoms with Gasteiger partial charge in [-0.1, -0.05) is 0 Å². The van der Waals surface area contributed by atoms with Gasteiger partial charge in [0, 0.05) is 6.54 Å². The summed E-state index contributed by atoms with van der Waals surface area (Å²) in [4.78, 5) is 30.5. The molecule has 154 valence electrons. The molecule has 0 aliphatic rings. The van der Waals surface area contributed by atoms with E-state index < -0.39 is 67.4 Å². The topological polar surface area (TPSA) is 245 Å². The van der Waals surface area contributed by atoms with Crippen LogP contribution in [0, 0.1) is 0 Å². The van der Waals surface area contributed by atoms with Crippen LogP contribution in [0.4, 0.5) is 0 Å². The molecule has 0 bridgehead atoms. The van der Waals surface area contributed by atoms with E-state index in [0.717, 1.165) is 0 Å². The highest BCUT2D eigenvalue weighted by Crippen LogP contribution is 2.15. The largest absolute Gasteiger partial charge is 0.481 e. The number of hydrogen-bond donors (Lipinski definition) is 10. The van der Waals surface area contributed by atoms with Gasteiger partial charge in [-0.25, -0.2) is 4.79 Å². The number of aliphatic hydroxyl groups excluding tert-OH is 5. The maximum Gasteiger partial charge on any atom is 0.336 e. The van der Waals surface area contributed by atoms with Crippen LogP contribution in [0.25, 0.3) is 0 Å². The van der Waals surface area contributed by atoms with E-state index in [9.17, 15) is 19.5 Å². The van der Waals surface area contributed by atoms with E-state index in [-0.39, 0.29) is 6.54 Å². The molecule has 0 aromatic heterocycles. The minimum absolute atomic E-state index is 0.0936. The Morgan fingerprint density at radius 3 is 1.54 bits per heavy atom. The first-order valence-electron chi connectivity index (χ1n) is 7.19. The molecule has 0 aliphatic heterocycles. The van der Waals surface area contributed by atoms with Crippen LogP contribution >= 0.6 is 0 Å². The highest BCUT2D eigenvalue weighted by atomic mass is 16.4. The third-order valence-corrected chi connectivity index (χ3v) is 3.02. The molecule has 13 heteroatoms. The number of carboxylic acids is 3. The zero-order valence-corrected chi connectivity index (χ0v) is 13.9. The summed E-state index contributed by atoms with van der Waals surface area (Å²) >= 11 is 0. The van der Waals surface area contributed by atoms with E-state index in [1.54, 1.807) is 7.05 Å². The Labute approximate surface area is 147 Å². The molecule has 0 rings (SSSR count). The summed E-state index contributed by atoms with van der Waals surface area (Å²) in [5.74, 6) is -5.02.